The lowest BCUT2D eigenvalue weighted by molar-refractivity contribution is -0.146. The summed E-state index contributed by atoms with van der Waals surface area (Å²) in [6.45, 7) is 1.57. The second kappa shape index (κ2) is 3.60. The van der Waals surface area contributed by atoms with Gasteiger partial charge in [-0.15, -0.1) is 0 Å². The molecular formula is C6H12N2O4S. The molecule has 0 amide bonds. The maximum Gasteiger partial charge on any atom is 0.325 e. The Morgan fingerprint density at radius 3 is 2.62 bits per heavy atom. The van der Waals surface area contributed by atoms with Gasteiger partial charge in [0.15, 0.2) is 0 Å². The quantitative estimate of drug-likeness (QED) is 0.570. The molecular weight excluding hydrogens is 196 g/mol. The van der Waals surface area contributed by atoms with Crippen LogP contribution < -0.4 is 10.6 Å². The average Bonchev–Trinajstić information content (AvgIpc) is 2.79. The number of carbonyl (C=O) groups excluding carboxylic acids is 1. The van der Waals surface area contributed by atoms with Crippen molar-refractivity contribution in [2.45, 2.75) is 31.1 Å². The molecule has 0 bridgehead atoms. The maximum atomic E-state index is 11.2. The molecule has 13 heavy (non-hydrogen) atoms. The molecule has 0 aromatic rings. The van der Waals surface area contributed by atoms with Crippen molar-refractivity contribution in [2.24, 2.45) is 5.73 Å². The molecule has 0 saturated heterocycles. The number of sulfonamides is 1. The molecule has 0 spiro atoms. The van der Waals surface area contributed by atoms with Crippen molar-refractivity contribution >= 4 is 16.0 Å². The Hall–Kier alpha value is -0.660. The van der Waals surface area contributed by atoms with E-state index in [1.165, 1.54) is 0 Å². The summed E-state index contributed by atoms with van der Waals surface area (Å²) in [4.78, 5) is 16.6. The van der Waals surface area contributed by atoms with Gasteiger partial charge in [0.05, 0.1) is 5.25 Å². The molecule has 1 fully saturated rings. The Kier molecular flexibility index (Phi) is 2.89. The number of carbonyl (C=O) groups is 1. The van der Waals surface area contributed by atoms with Gasteiger partial charge in [-0.1, -0.05) is 6.92 Å². The van der Waals surface area contributed by atoms with Crippen LogP contribution in [0.4, 0.5) is 0 Å². The first-order chi connectivity index (χ1) is 5.97. The summed E-state index contributed by atoms with van der Waals surface area (Å²) < 4.78 is 22.3. The molecule has 0 aromatic heterocycles. The van der Waals surface area contributed by atoms with E-state index in [1.807, 2.05) is 0 Å². The van der Waals surface area contributed by atoms with Crippen LogP contribution in [0.2, 0.25) is 0 Å². The van der Waals surface area contributed by atoms with E-state index in [-0.39, 0.29) is 12.5 Å². The van der Waals surface area contributed by atoms with Crippen molar-refractivity contribution in [1.82, 2.24) is 4.89 Å². The summed E-state index contributed by atoms with van der Waals surface area (Å²) in [7, 11) is -3.56. The molecule has 1 saturated carbocycles. The maximum absolute atomic E-state index is 11.2. The van der Waals surface area contributed by atoms with Crippen LogP contribution in [0.15, 0.2) is 0 Å². The van der Waals surface area contributed by atoms with Crippen LogP contribution in [-0.4, -0.2) is 25.7 Å². The highest BCUT2D eigenvalue weighted by atomic mass is 32.2. The van der Waals surface area contributed by atoms with Crippen molar-refractivity contribution in [1.29, 1.82) is 0 Å². The lowest BCUT2D eigenvalue weighted by Gasteiger charge is -2.04. The van der Waals surface area contributed by atoms with Crippen LogP contribution in [-0.2, 0) is 19.7 Å². The fourth-order valence-electron chi connectivity index (χ4n) is 0.785. The summed E-state index contributed by atoms with van der Waals surface area (Å²) >= 11 is 0. The van der Waals surface area contributed by atoms with E-state index in [9.17, 15) is 13.2 Å². The molecule has 1 aliphatic carbocycles. The first-order valence-corrected chi connectivity index (χ1v) is 5.48. The highest BCUT2D eigenvalue weighted by Crippen LogP contribution is 2.26. The molecule has 1 rings (SSSR count). The molecule has 76 valence electrons. The molecule has 0 radical (unpaired) electrons. The number of hydrogen-bond acceptors (Lipinski definition) is 5. The van der Waals surface area contributed by atoms with E-state index >= 15 is 0 Å². The second-order valence-corrected chi connectivity index (χ2v) is 4.76. The van der Waals surface area contributed by atoms with Crippen molar-refractivity contribution in [2.75, 3.05) is 0 Å². The number of nitrogens with two attached hydrogens (primary N) is 1. The van der Waals surface area contributed by atoms with Crippen molar-refractivity contribution in [3.63, 3.8) is 0 Å². The number of nitrogens with one attached hydrogen (secondary N) is 1. The SMILES string of the molecule is CCC(=O)ONS(=O)(=O)C1CC1N. The summed E-state index contributed by atoms with van der Waals surface area (Å²) in [5.41, 5.74) is 5.33. The average molecular weight is 208 g/mol. The summed E-state index contributed by atoms with van der Waals surface area (Å²) in [6, 6.07) is -0.335. The van der Waals surface area contributed by atoms with Gasteiger partial charge < -0.3 is 10.6 Å². The van der Waals surface area contributed by atoms with Crippen LogP contribution in [0.3, 0.4) is 0 Å². The highest BCUT2D eigenvalue weighted by Gasteiger charge is 2.45. The van der Waals surface area contributed by atoms with Crippen molar-refractivity contribution < 1.29 is 18.0 Å². The third-order valence-corrected chi connectivity index (χ3v) is 3.39. The molecule has 3 N–H and O–H groups in total. The first-order valence-electron chi connectivity index (χ1n) is 3.93. The summed E-state index contributed by atoms with van der Waals surface area (Å²) in [5.74, 6) is -0.613. The predicted octanol–water partition coefficient (Wildman–Crippen LogP) is -1.13. The van der Waals surface area contributed by atoms with E-state index < -0.39 is 21.2 Å². The molecule has 2 unspecified atom stereocenters. The predicted molar refractivity (Wildman–Crippen MR) is 44.8 cm³/mol. The van der Waals surface area contributed by atoms with E-state index in [4.69, 9.17) is 5.73 Å². The third-order valence-electron chi connectivity index (χ3n) is 1.74. The summed E-state index contributed by atoms with van der Waals surface area (Å²) in [6.07, 6.45) is 0.540. The Morgan fingerprint density at radius 2 is 2.23 bits per heavy atom. The standard InChI is InChI=1S/C6H12N2O4S/c1-2-6(9)12-8-13(10,11)5-3-4(5)7/h4-5,8H,2-3,7H2,1H3. The van der Waals surface area contributed by atoms with E-state index in [0.29, 0.717) is 6.42 Å². The van der Waals surface area contributed by atoms with Gasteiger partial charge >= 0.3 is 5.97 Å². The van der Waals surface area contributed by atoms with E-state index in [1.54, 1.807) is 11.8 Å². The van der Waals surface area contributed by atoms with Gasteiger partial charge in [0.25, 0.3) is 0 Å². The molecule has 0 heterocycles. The molecule has 7 heteroatoms. The largest absolute Gasteiger partial charge is 0.356 e. The summed E-state index contributed by atoms with van der Waals surface area (Å²) in [5, 5.41) is -0.614. The highest BCUT2D eigenvalue weighted by molar-refractivity contribution is 7.90. The minimum absolute atomic E-state index is 0.124. The van der Waals surface area contributed by atoms with Crippen LogP contribution in [0.1, 0.15) is 19.8 Å². The van der Waals surface area contributed by atoms with Gasteiger partial charge in [0.1, 0.15) is 0 Å². The van der Waals surface area contributed by atoms with Gasteiger partial charge in [0.2, 0.25) is 10.0 Å². The smallest absolute Gasteiger partial charge is 0.325 e. The Balaban J connectivity index is 2.40. The number of rotatable bonds is 4. The Bertz CT molecular complexity index is 300. The molecule has 0 aliphatic heterocycles. The third kappa shape index (κ3) is 2.64. The lowest BCUT2D eigenvalue weighted by atomic mass is 10.5. The molecule has 2 atom stereocenters. The fraction of sp³-hybridized carbons (Fsp3) is 0.833. The molecule has 6 nitrogen and oxygen atoms in total. The van der Waals surface area contributed by atoms with Crippen LogP contribution in [0, 0.1) is 0 Å². The van der Waals surface area contributed by atoms with Gasteiger partial charge in [-0.05, 0) is 11.3 Å². The topological polar surface area (TPSA) is 98.5 Å². The Labute approximate surface area is 76.4 Å². The minimum Gasteiger partial charge on any atom is -0.356 e. The Morgan fingerprint density at radius 1 is 1.69 bits per heavy atom. The van der Waals surface area contributed by atoms with Gasteiger partial charge in [0, 0.05) is 12.5 Å². The molecule has 1 aliphatic rings. The van der Waals surface area contributed by atoms with Gasteiger partial charge in [-0.3, -0.25) is 4.79 Å². The second-order valence-electron chi connectivity index (χ2n) is 2.89. The van der Waals surface area contributed by atoms with Gasteiger partial charge in [-0.2, -0.15) is 0 Å². The first kappa shape index (κ1) is 10.4. The lowest BCUT2D eigenvalue weighted by Crippen LogP contribution is -2.32. The van der Waals surface area contributed by atoms with Crippen molar-refractivity contribution in [3.8, 4) is 0 Å². The monoisotopic (exact) mass is 208 g/mol. The van der Waals surface area contributed by atoms with Crippen LogP contribution in [0.5, 0.6) is 0 Å². The zero-order chi connectivity index (χ0) is 10.1. The van der Waals surface area contributed by atoms with E-state index in [0.717, 1.165) is 0 Å². The van der Waals surface area contributed by atoms with Crippen LogP contribution in [0.25, 0.3) is 0 Å². The van der Waals surface area contributed by atoms with E-state index in [2.05, 4.69) is 4.84 Å². The van der Waals surface area contributed by atoms with Gasteiger partial charge in [-0.25, -0.2) is 8.42 Å². The minimum atomic E-state index is -3.56. The van der Waals surface area contributed by atoms with Crippen molar-refractivity contribution in [3.05, 3.63) is 0 Å². The fourth-order valence-corrected chi connectivity index (χ4v) is 2.05. The zero-order valence-electron chi connectivity index (χ0n) is 7.19. The molecule has 0 aromatic carbocycles. The normalized spacial score (nSPS) is 26.9. The number of hydrogen-bond donors (Lipinski definition) is 2. The zero-order valence-corrected chi connectivity index (χ0v) is 8.00. The van der Waals surface area contributed by atoms with Crippen LogP contribution >= 0.6 is 0 Å².